The van der Waals surface area contributed by atoms with Crippen molar-refractivity contribution < 1.29 is 14.7 Å². The summed E-state index contributed by atoms with van der Waals surface area (Å²) in [5.74, 6) is -1.75. The Hall–Kier alpha value is -2.33. The van der Waals surface area contributed by atoms with Crippen LogP contribution in [0.25, 0.3) is 0 Å². The van der Waals surface area contributed by atoms with Crippen LogP contribution >= 0.6 is 11.6 Å². The molecule has 126 valence electrons. The summed E-state index contributed by atoms with van der Waals surface area (Å²) in [4.78, 5) is 23.7. The van der Waals surface area contributed by atoms with Crippen LogP contribution in [0.15, 0.2) is 54.6 Å². The molecule has 0 fully saturated rings. The highest BCUT2D eigenvalue weighted by molar-refractivity contribution is 6.30. The van der Waals surface area contributed by atoms with E-state index in [9.17, 15) is 14.7 Å². The summed E-state index contributed by atoms with van der Waals surface area (Å²) in [6.07, 6.45) is 0.326. The van der Waals surface area contributed by atoms with Crippen molar-refractivity contribution >= 4 is 23.5 Å². The molecule has 2 aromatic carbocycles. The highest BCUT2D eigenvalue weighted by Crippen LogP contribution is 2.24. The van der Waals surface area contributed by atoms with Gasteiger partial charge in [0.05, 0.1) is 12.0 Å². The predicted molar refractivity (Wildman–Crippen MR) is 91.4 cm³/mol. The van der Waals surface area contributed by atoms with Crippen LogP contribution in [0, 0.1) is 0 Å². The Morgan fingerprint density at radius 2 is 1.67 bits per heavy atom. The van der Waals surface area contributed by atoms with Gasteiger partial charge < -0.3 is 15.2 Å². The number of halogens is 1. The zero-order chi connectivity index (χ0) is 17.5. The lowest BCUT2D eigenvalue weighted by atomic mass is 9.94. The second-order valence-electron chi connectivity index (χ2n) is 5.56. The molecule has 0 bridgehead atoms. The van der Waals surface area contributed by atoms with Crippen molar-refractivity contribution in [2.75, 3.05) is 0 Å². The minimum atomic E-state index is -1.22. The molecule has 1 amide bonds. The monoisotopic (exact) mass is 344 g/mol. The van der Waals surface area contributed by atoms with E-state index < -0.39 is 12.0 Å². The van der Waals surface area contributed by atoms with Gasteiger partial charge in [-0.2, -0.15) is 0 Å². The number of aliphatic carboxylic acids is 1. The average molecular weight is 345 g/mol. The Bertz CT molecular complexity index is 686. The lowest BCUT2D eigenvalue weighted by Gasteiger charge is -2.23. The summed E-state index contributed by atoms with van der Waals surface area (Å²) < 4.78 is 0. The SMILES string of the molecule is CC[C@@H](C(=O)N[C@H](CC(=O)[O-])c1ccc(Cl)cc1)c1ccccc1. The molecule has 0 radical (unpaired) electrons. The lowest BCUT2D eigenvalue weighted by molar-refractivity contribution is -0.306. The third-order valence-electron chi connectivity index (χ3n) is 3.89. The van der Waals surface area contributed by atoms with Gasteiger partial charge in [-0.25, -0.2) is 0 Å². The number of amides is 1. The Morgan fingerprint density at radius 1 is 1.04 bits per heavy atom. The van der Waals surface area contributed by atoms with Gasteiger partial charge in [0.2, 0.25) is 5.91 Å². The molecule has 0 saturated carbocycles. The zero-order valence-electron chi connectivity index (χ0n) is 13.4. The molecular weight excluding hydrogens is 326 g/mol. The third-order valence-corrected chi connectivity index (χ3v) is 4.14. The summed E-state index contributed by atoms with van der Waals surface area (Å²) >= 11 is 5.86. The molecule has 2 atom stereocenters. The molecule has 0 aliphatic carbocycles. The lowest BCUT2D eigenvalue weighted by Crippen LogP contribution is -2.36. The molecule has 0 unspecified atom stereocenters. The quantitative estimate of drug-likeness (QED) is 0.839. The first-order chi connectivity index (χ1) is 11.5. The molecular formula is C19H19ClNO3-. The van der Waals surface area contributed by atoms with Gasteiger partial charge in [-0.1, -0.05) is 61.0 Å². The van der Waals surface area contributed by atoms with Gasteiger partial charge in [0.25, 0.3) is 0 Å². The second-order valence-corrected chi connectivity index (χ2v) is 6.00. The Kier molecular flexibility index (Phi) is 6.38. The predicted octanol–water partition coefficient (Wildman–Crippen LogP) is 2.83. The van der Waals surface area contributed by atoms with E-state index in [0.29, 0.717) is 17.0 Å². The van der Waals surface area contributed by atoms with Crippen LogP contribution < -0.4 is 10.4 Å². The number of hydrogen-bond acceptors (Lipinski definition) is 3. The Morgan fingerprint density at radius 3 is 2.21 bits per heavy atom. The van der Waals surface area contributed by atoms with Crippen LogP contribution in [0.4, 0.5) is 0 Å². The number of carboxylic acids is 1. The zero-order valence-corrected chi connectivity index (χ0v) is 14.1. The highest BCUT2D eigenvalue weighted by atomic mass is 35.5. The summed E-state index contributed by atoms with van der Waals surface area (Å²) in [7, 11) is 0. The van der Waals surface area contributed by atoms with Crippen molar-refractivity contribution in [3.63, 3.8) is 0 Å². The van der Waals surface area contributed by atoms with Gasteiger partial charge >= 0.3 is 0 Å². The second kappa shape index (κ2) is 8.50. The van der Waals surface area contributed by atoms with Crippen molar-refractivity contribution in [3.8, 4) is 0 Å². The summed E-state index contributed by atoms with van der Waals surface area (Å²) in [6, 6.07) is 15.5. The Balaban J connectivity index is 2.20. The molecule has 2 aromatic rings. The first-order valence-corrected chi connectivity index (χ1v) is 8.19. The molecule has 0 aliphatic heterocycles. The van der Waals surface area contributed by atoms with Crippen LogP contribution in [-0.4, -0.2) is 11.9 Å². The fourth-order valence-corrected chi connectivity index (χ4v) is 2.77. The summed E-state index contributed by atoms with van der Waals surface area (Å²) in [5, 5.41) is 14.4. The third kappa shape index (κ3) is 4.83. The Labute approximate surface area is 146 Å². The molecule has 0 aromatic heterocycles. The van der Waals surface area contributed by atoms with E-state index in [1.807, 2.05) is 37.3 Å². The first-order valence-electron chi connectivity index (χ1n) is 7.82. The van der Waals surface area contributed by atoms with Crippen molar-refractivity contribution in [2.45, 2.75) is 31.7 Å². The van der Waals surface area contributed by atoms with Crippen LogP contribution in [0.1, 0.15) is 42.9 Å². The maximum absolute atomic E-state index is 12.7. The van der Waals surface area contributed by atoms with Crippen LogP contribution in [0.2, 0.25) is 5.02 Å². The number of rotatable bonds is 7. The smallest absolute Gasteiger partial charge is 0.228 e. The number of benzene rings is 2. The van der Waals surface area contributed by atoms with Crippen molar-refractivity contribution in [1.29, 1.82) is 0 Å². The molecule has 24 heavy (non-hydrogen) atoms. The molecule has 4 nitrogen and oxygen atoms in total. The van der Waals surface area contributed by atoms with Gasteiger partial charge in [0.1, 0.15) is 0 Å². The fourth-order valence-electron chi connectivity index (χ4n) is 2.64. The van der Waals surface area contributed by atoms with E-state index in [1.54, 1.807) is 24.3 Å². The molecule has 2 rings (SSSR count). The van der Waals surface area contributed by atoms with E-state index in [-0.39, 0.29) is 18.2 Å². The minimum absolute atomic E-state index is 0.204. The van der Waals surface area contributed by atoms with Gasteiger partial charge in [-0.3, -0.25) is 4.79 Å². The van der Waals surface area contributed by atoms with E-state index >= 15 is 0 Å². The molecule has 0 saturated heterocycles. The minimum Gasteiger partial charge on any atom is -0.550 e. The van der Waals surface area contributed by atoms with Gasteiger partial charge in [-0.05, 0) is 29.7 Å². The summed E-state index contributed by atoms with van der Waals surface area (Å²) in [6.45, 7) is 1.92. The largest absolute Gasteiger partial charge is 0.550 e. The topological polar surface area (TPSA) is 69.2 Å². The summed E-state index contributed by atoms with van der Waals surface area (Å²) in [5.41, 5.74) is 1.58. The van der Waals surface area contributed by atoms with Crippen LogP contribution in [0.3, 0.4) is 0 Å². The molecule has 0 aliphatic rings. The standard InChI is InChI=1S/C19H20ClNO3/c1-2-16(13-6-4-3-5-7-13)19(24)21-17(12-18(22)23)14-8-10-15(20)11-9-14/h3-11,16-17H,2,12H2,1H3,(H,21,24)(H,22,23)/p-1/t16-,17-/m1/s1. The average Bonchev–Trinajstić information content (AvgIpc) is 2.56. The fraction of sp³-hybridized carbons (Fsp3) is 0.263. The van der Waals surface area contributed by atoms with E-state index in [1.165, 1.54) is 0 Å². The maximum Gasteiger partial charge on any atom is 0.228 e. The van der Waals surface area contributed by atoms with Gasteiger partial charge in [0, 0.05) is 17.4 Å². The molecule has 1 N–H and O–H groups in total. The van der Waals surface area contributed by atoms with Crippen molar-refractivity contribution in [2.24, 2.45) is 0 Å². The molecule has 0 heterocycles. The number of carboxylic acid groups (broad SMARTS) is 1. The highest BCUT2D eigenvalue weighted by Gasteiger charge is 2.22. The van der Waals surface area contributed by atoms with Gasteiger partial charge in [-0.15, -0.1) is 0 Å². The number of nitrogens with one attached hydrogen (secondary N) is 1. The number of carbonyl (C=O) groups excluding carboxylic acids is 2. The first kappa shape index (κ1) is 18.0. The van der Waals surface area contributed by atoms with Crippen molar-refractivity contribution in [3.05, 3.63) is 70.7 Å². The van der Waals surface area contributed by atoms with Crippen molar-refractivity contribution in [1.82, 2.24) is 5.32 Å². The van der Waals surface area contributed by atoms with E-state index in [0.717, 1.165) is 5.56 Å². The normalized spacial score (nSPS) is 13.1. The van der Waals surface area contributed by atoms with Crippen LogP contribution in [-0.2, 0) is 9.59 Å². The number of hydrogen-bond donors (Lipinski definition) is 1. The van der Waals surface area contributed by atoms with E-state index in [2.05, 4.69) is 5.32 Å². The molecule has 0 spiro atoms. The van der Waals surface area contributed by atoms with Crippen LogP contribution in [0.5, 0.6) is 0 Å². The van der Waals surface area contributed by atoms with E-state index in [4.69, 9.17) is 11.6 Å². The molecule has 5 heteroatoms. The maximum atomic E-state index is 12.7. The number of carbonyl (C=O) groups is 2. The van der Waals surface area contributed by atoms with Gasteiger partial charge in [0.15, 0.2) is 0 Å².